The van der Waals surface area contributed by atoms with Crippen LogP contribution in [0.4, 0.5) is 0 Å². The van der Waals surface area contributed by atoms with Gasteiger partial charge in [0.05, 0.1) is 19.3 Å². The summed E-state index contributed by atoms with van der Waals surface area (Å²) in [6.07, 6.45) is 13.6. The van der Waals surface area contributed by atoms with Crippen LogP contribution in [0.2, 0.25) is 0 Å². The summed E-state index contributed by atoms with van der Waals surface area (Å²) in [4.78, 5) is 0. The summed E-state index contributed by atoms with van der Waals surface area (Å²) in [5.41, 5.74) is 0. The summed E-state index contributed by atoms with van der Waals surface area (Å²) >= 11 is 0. The molecule has 2 fully saturated rings. The van der Waals surface area contributed by atoms with Crippen molar-refractivity contribution in [1.29, 1.82) is 5.26 Å². The van der Waals surface area contributed by atoms with Crippen LogP contribution >= 0.6 is 0 Å². The Bertz CT molecular complexity index is 323. The van der Waals surface area contributed by atoms with Crippen LogP contribution in [0.3, 0.4) is 0 Å². The van der Waals surface area contributed by atoms with Crippen LogP contribution in [0.25, 0.3) is 0 Å². The normalized spacial score (nSPS) is 32.5. The Morgan fingerprint density at radius 2 is 1.55 bits per heavy atom. The fraction of sp³-hybridized carbons (Fsp3) is 0.947. The van der Waals surface area contributed by atoms with Crippen molar-refractivity contribution in [1.82, 2.24) is 0 Å². The minimum Gasteiger partial charge on any atom is -0.352 e. The summed E-state index contributed by atoms with van der Waals surface area (Å²) in [7, 11) is 0. The lowest BCUT2D eigenvalue weighted by atomic mass is 9.82. The molecule has 0 aromatic rings. The summed E-state index contributed by atoms with van der Waals surface area (Å²) < 4.78 is 12.0. The minimum absolute atomic E-state index is 0.000414. The van der Waals surface area contributed by atoms with Gasteiger partial charge in [-0.3, -0.25) is 0 Å². The first-order valence-electron chi connectivity index (χ1n) is 9.46. The fourth-order valence-corrected chi connectivity index (χ4v) is 3.73. The molecule has 0 radical (unpaired) electrons. The van der Waals surface area contributed by atoms with E-state index in [9.17, 15) is 0 Å². The van der Waals surface area contributed by atoms with Crippen LogP contribution in [0.5, 0.6) is 0 Å². The van der Waals surface area contributed by atoms with Crippen LogP contribution in [0.1, 0.15) is 77.6 Å². The van der Waals surface area contributed by atoms with Gasteiger partial charge in [-0.1, -0.05) is 45.4 Å². The number of ether oxygens (including phenoxy) is 2. The predicted octanol–water partition coefficient (Wildman–Crippen LogP) is 5.06. The number of unbranched alkanes of at least 4 members (excludes halogenated alkanes) is 5. The van der Waals surface area contributed by atoms with E-state index >= 15 is 0 Å². The van der Waals surface area contributed by atoms with E-state index in [1.54, 1.807) is 0 Å². The first-order valence-corrected chi connectivity index (χ1v) is 9.46. The summed E-state index contributed by atoms with van der Waals surface area (Å²) in [6.45, 7) is 4.01. The van der Waals surface area contributed by atoms with E-state index in [0.717, 1.165) is 38.9 Å². The van der Waals surface area contributed by atoms with E-state index in [4.69, 9.17) is 14.7 Å². The van der Waals surface area contributed by atoms with Crippen molar-refractivity contribution in [3.63, 3.8) is 0 Å². The van der Waals surface area contributed by atoms with E-state index < -0.39 is 0 Å². The van der Waals surface area contributed by atoms with Gasteiger partial charge in [0.2, 0.25) is 0 Å². The average molecular weight is 307 g/mol. The molecule has 3 nitrogen and oxygen atoms in total. The monoisotopic (exact) mass is 307 g/mol. The second-order valence-electron chi connectivity index (χ2n) is 7.20. The largest absolute Gasteiger partial charge is 0.352 e. The number of rotatable bonds is 8. The third-order valence-corrected chi connectivity index (χ3v) is 5.30. The van der Waals surface area contributed by atoms with Gasteiger partial charge in [-0.25, -0.2) is 0 Å². The maximum atomic E-state index is 8.96. The molecule has 0 aromatic heterocycles. The maximum Gasteiger partial charge on any atom is 0.160 e. The van der Waals surface area contributed by atoms with Crippen molar-refractivity contribution in [2.45, 2.75) is 83.8 Å². The van der Waals surface area contributed by atoms with Gasteiger partial charge in [0, 0.05) is 17.8 Å². The quantitative estimate of drug-likeness (QED) is 0.589. The molecule has 126 valence electrons. The highest BCUT2D eigenvalue weighted by atomic mass is 16.7. The molecule has 22 heavy (non-hydrogen) atoms. The standard InChI is InChI=1S/C19H33NO2/c1-2-3-4-5-6-7-8-17-14-21-19(22-15-17)18-11-9-16(13-20)10-12-18/h16-19H,2-12,14-15H2,1H3/t16?,17-,18?,19-. The Balaban J connectivity index is 1.53. The molecule has 0 spiro atoms. The molecule has 0 atom stereocenters. The lowest BCUT2D eigenvalue weighted by Crippen LogP contribution is -2.38. The second kappa shape index (κ2) is 10.2. The van der Waals surface area contributed by atoms with Gasteiger partial charge in [-0.15, -0.1) is 0 Å². The van der Waals surface area contributed by atoms with Crippen LogP contribution in [-0.2, 0) is 9.47 Å². The summed E-state index contributed by atoms with van der Waals surface area (Å²) in [5, 5.41) is 8.96. The van der Waals surface area contributed by atoms with Gasteiger partial charge in [0.15, 0.2) is 6.29 Å². The van der Waals surface area contributed by atoms with Gasteiger partial charge in [-0.05, 0) is 32.1 Å². The van der Waals surface area contributed by atoms with Gasteiger partial charge in [0.1, 0.15) is 0 Å². The average Bonchev–Trinajstić information content (AvgIpc) is 2.59. The third kappa shape index (κ3) is 5.89. The highest BCUT2D eigenvalue weighted by molar-refractivity contribution is 4.88. The lowest BCUT2D eigenvalue weighted by molar-refractivity contribution is -0.229. The maximum absolute atomic E-state index is 8.96. The Labute approximate surface area is 136 Å². The van der Waals surface area contributed by atoms with Crippen molar-refractivity contribution < 1.29 is 9.47 Å². The van der Waals surface area contributed by atoms with Crippen molar-refractivity contribution in [2.75, 3.05) is 13.2 Å². The van der Waals surface area contributed by atoms with Crippen LogP contribution in [-0.4, -0.2) is 19.5 Å². The summed E-state index contributed by atoms with van der Waals surface area (Å²) in [6, 6.07) is 2.39. The Morgan fingerprint density at radius 3 is 2.18 bits per heavy atom. The highest BCUT2D eigenvalue weighted by Crippen LogP contribution is 2.34. The van der Waals surface area contributed by atoms with Gasteiger partial charge < -0.3 is 9.47 Å². The number of nitriles is 1. The zero-order chi connectivity index (χ0) is 15.6. The molecule has 1 saturated carbocycles. The van der Waals surface area contributed by atoms with E-state index in [1.165, 1.54) is 44.9 Å². The first kappa shape index (κ1) is 17.8. The van der Waals surface area contributed by atoms with Crippen molar-refractivity contribution in [3.05, 3.63) is 0 Å². The van der Waals surface area contributed by atoms with Crippen LogP contribution in [0, 0.1) is 29.1 Å². The smallest absolute Gasteiger partial charge is 0.160 e. The number of nitrogens with zero attached hydrogens (tertiary/aromatic N) is 1. The van der Waals surface area contributed by atoms with Crippen LogP contribution in [0.15, 0.2) is 0 Å². The van der Waals surface area contributed by atoms with Crippen molar-refractivity contribution >= 4 is 0 Å². The fourth-order valence-electron chi connectivity index (χ4n) is 3.73. The van der Waals surface area contributed by atoms with Gasteiger partial charge >= 0.3 is 0 Å². The number of hydrogen-bond acceptors (Lipinski definition) is 3. The molecule has 0 amide bonds. The van der Waals surface area contributed by atoms with Crippen molar-refractivity contribution in [3.8, 4) is 6.07 Å². The van der Waals surface area contributed by atoms with Crippen LogP contribution < -0.4 is 0 Å². The first-order chi connectivity index (χ1) is 10.8. The molecule has 0 N–H and O–H groups in total. The SMILES string of the molecule is CCCCCCCC[C@H]1CO[C@H](C2CCC(C#N)CC2)OC1. The molecular formula is C19H33NO2. The molecule has 1 aliphatic carbocycles. The molecule has 1 heterocycles. The van der Waals surface area contributed by atoms with E-state index in [1.807, 2.05) is 0 Å². The Morgan fingerprint density at radius 1 is 0.909 bits per heavy atom. The van der Waals surface area contributed by atoms with E-state index in [2.05, 4.69) is 13.0 Å². The highest BCUT2D eigenvalue weighted by Gasteiger charge is 2.32. The molecule has 1 saturated heterocycles. The van der Waals surface area contributed by atoms with Gasteiger partial charge in [0.25, 0.3) is 0 Å². The molecular weight excluding hydrogens is 274 g/mol. The van der Waals surface area contributed by atoms with E-state index in [-0.39, 0.29) is 12.2 Å². The zero-order valence-electron chi connectivity index (χ0n) is 14.3. The van der Waals surface area contributed by atoms with Gasteiger partial charge in [-0.2, -0.15) is 5.26 Å². The molecule has 2 aliphatic rings. The second-order valence-corrected chi connectivity index (χ2v) is 7.20. The molecule has 0 aromatic carbocycles. The van der Waals surface area contributed by atoms with Crippen molar-refractivity contribution in [2.24, 2.45) is 17.8 Å². The molecule has 1 aliphatic heterocycles. The molecule has 0 unspecified atom stereocenters. The Kier molecular flexibility index (Phi) is 8.26. The molecule has 0 bridgehead atoms. The van der Waals surface area contributed by atoms with E-state index in [0.29, 0.717) is 11.8 Å². The Hall–Kier alpha value is -0.590. The third-order valence-electron chi connectivity index (χ3n) is 5.30. The zero-order valence-corrected chi connectivity index (χ0v) is 14.3. The lowest BCUT2D eigenvalue weighted by Gasteiger charge is -2.36. The minimum atomic E-state index is 0.000414. The molecule has 3 heteroatoms. The predicted molar refractivity (Wildman–Crippen MR) is 88.2 cm³/mol. The topological polar surface area (TPSA) is 42.2 Å². The molecule has 2 rings (SSSR count). The summed E-state index contributed by atoms with van der Waals surface area (Å²) in [5.74, 6) is 1.37. The number of hydrogen-bond donors (Lipinski definition) is 0.